The van der Waals surface area contributed by atoms with Gasteiger partial charge in [0.05, 0.1) is 6.04 Å². The summed E-state index contributed by atoms with van der Waals surface area (Å²) in [6.45, 7) is 0.651. The second-order valence-corrected chi connectivity index (χ2v) is 10.3. The number of nitrogens with zero attached hydrogens (tertiary/aromatic N) is 1. The van der Waals surface area contributed by atoms with Crippen molar-refractivity contribution in [1.29, 1.82) is 0 Å². The lowest BCUT2D eigenvalue weighted by atomic mass is 9.80. The maximum atomic E-state index is 15.6. The fourth-order valence-corrected chi connectivity index (χ4v) is 6.16. The summed E-state index contributed by atoms with van der Waals surface area (Å²) < 4.78 is 19.2. The van der Waals surface area contributed by atoms with Gasteiger partial charge in [0.15, 0.2) is 0 Å². The molecule has 1 amide bonds. The van der Waals surface area contributed by atoms with Crippen molar-refractivity contribution in [2.45, 2.75) is 56.7 Å². The van der Waals surface area contributed by atoms with Gasteiger partial charge in [-0.1, -0.05) is 66.9 Å². The minimum atomic E-state index is -0.935. The zero-order valence-electron chi connectivity index (χ0n) is 18.5. The van der Waals surface area contributed by atoms with Gasteiger partial charge in [0, 0.05) is 23.6 Å². The molecule has 2 aliphatic carbocycles. The van der Waals surface area contributed by atoms with Crippen LogP contribution < -0.4 is 4.72 Å². The second-order valence-electron chi connectivity index (χ2n) is 9.68. The summed E-state index contributed by atoms with van der Waals surface area (Å²) in [4.78, 5) is 15.2. The number of aliphatic hydroxyl groups is 1. The summed E-state index contributed by atoms with van der Waals surface area (Å²) in [7, 11) is 0. The molecule has 3 aliphatic rings. The first kappa shape index (κ1) is 21.9. The molecule has 32 heavy (non-hydrogen) atoms. The van der Waals surface area contributed by atoms with Crippen molar-refractivity contribution < 1.29 is 14.3 Å². The van der Waals surface area contributed by atoms with Gasteiger partial charge < -0.3 is 10.0 Å². The number of carbonyl (C=O) groups is 1. The zero-order valence-corrected chi connectivity index (χ0v) is 19.3. The van der Waals surface area contributed by atoms with Crippen molar-refractivity contribution in [3.8, 4) is 11.1 Å². The van der Waals surface area contributed by atoms with Gasteiger partial charge in [-0.3, -0.25) is 9.52 Å². The summed E-state index contributed by atoms with van der Waals surface area (Å²) in [6.07, 6.45) is 6.54. The Hall–Kier alpha value is -1.89. The first-order chi connectivity index (χ1) is 15.5. The van der Waals surface area contributed by atoms with E-state index in [0.29, 0.717) is 24.1 Å². The molecule has 3 atom stereocenters. The minimum Gasteiger partial charge on any atom is -0.383 e. The zero-order chi connectivity index (χ0) is 22.3. The molecule has 2 aromatic carbocycles. The summed E-state index contributed by atoms with van der Waals surface area (Å²) in [6, 6.07) is 15.0. The van der Waals surface area contributed by atoms with Gasteiger partial charge in [-0.15, -0.1) is 0 Å². The van der Waals surface area contributed by atoms with Gasteiger partial charge in [0.2, 0.25) is 0 Å². The maximum Gasteiger partial charge on any atom is 0.252 e. The molecule has 0 bridgehead atoms. The third kappa shape index (κ3) is 3.87. The number of hydrogen-bond donors (Lipinski definition) is 2. The molecule has 1 heterocycles. The monoisotopic (exact) mass is 454 g/mol. The standard InChI is InChI=1S/C26H31FN2O2S/c1-32-28-24-21(15-19-11-6-12-20(22(19)27)17-7-3-2-4-8-17)29(16-26(24)13-14-26)25(31)23(30)18-9-5-10-18/h2-4,6-8,11-12,18,21,23-24,28,30H,5,9-10,13-16H2,1H3. The molecule has 2 N–H and O–H groups in total. The molecule has 3 fully saturated rings. The Morgan fingerprint density at radius 2 is 1.97 bits per heavy atom. The van der Waals surface area contributed by atoms with E-state index in [0.717, 1.165) is 37.7 Å². The van der Waals surface area contributed by atoms with Crippen LogP contribution in [0.25, 0.3) is 11.1 Å². The highest BCUT2D eigenvalue weighted by molar-refractivity contribution is 7.96. The Bertz CT molecular complexity index is 977. The van der Waals surface area contributed by atoms with Gasteiger partial charge >= 0.3 is 0 Å². The van der Waals surface area contributed by atoms with Crippen molar-refractivity contribution >= 4 is 17.9 Å². The van der Waals surface area contributed by atoms with E-state index in [1.165, 1.54) is 0 Å². The van der Waals surface area contributed by atoms with E-state index in [1.807, 2.05) is 59.7 Å². The number of rotatable bonds is 7. The molecule has 170 valence electrons. The molecule has 4 nitrogen and oxygen atoms in total. The van der Waals surface area contributed by atoms with Gasteiger partial charge in [0.1, 0.15) is 11.9 Å². The van der Waals surface area contributed by atoms with Crippen molar-refractivity contribution in [3.05, 3.63) is 59.9 Å². The fraction of sp³-hybridized carbons (Fsp3) is 0.500. The predicted molar refractivity (Wildman–Crippen MR) is 126 cm³/mol. The van der Waals surface area contributed by atoms with Crippen LogP contribution >= 0.6 is 11.9 Å². The number of carbonyl (C=O) groups excluding carboxylic acids is 1. The quantitative estimate of drug-likeness (QED) is 0.608. The lowest BCUT2D eigenvalue weighted by Gasteiger charge is -2.35. The number of aliphatic hydroxyl groups excluding tert-OH is 1. The molecule has 1 saturated heterocycles. The highest BCUT2D eigenvalue weighted by Gasteiger charge is 2.61. The normalized spacial score (nSPS) is 25.0. The Morgan fingerprint density at radius 3 is 2.59 bits per heavy atom. The van der Waals surface area contributed by atoms with Crippen LogP contribution in [0, 0.1) is 17.2 Å². The van der Waals surface area contributed by atoms with Crippen LogP contribution in [0.5, 0.6) is 0 Å². The van der Waals surface area contributed by atoms with Crippen LogP contribution in [0.2, 0.25) is 0 Å². The molecule has 2 saturated carbocycles. The average molecular weight is 455 g/mol. The molecule has 2 aromatic rings. The SMILES string of the molecule is CSNC1C(Cc2cccc(-c3ccccc3)c2F)N(C(=O)C(O)C2CCC2)CC12CC2. The highest BCUT2D eigenvalue weighted by Crippen LogP contribution is 2.56. The predicted octanol–water partition coefficient (Wildman–Crippen LogP) is 4.42. The van der Waals surface area contributed by atoms with Crippen LogP contribution in [-0.2, 0) is 11.2 Å². The van der Waals surface area contributed by atoms with Gasteiger partial charge in [0.25, 0.3) is 5.91 Å². The van der Waals surface area contributed by atoms with Gasteiger partial charge in [-0.25, -0.2) is 4.39 Å². The number of nitrogens with one attached hydrogen (secondary N) is 1. The summed E-state index contributed by atoms with van der Waals surface area (Å²) in [5.41, 5.74) is 2.11. The van der Waals surface area contributed by atoms with E-state index in [2.05, 4.69) is 4.72 Å². The fourth-order valence-electron chi connectivity index (χ4n) is 5.50. The number of likely N-dealkylation sites (tertiary alicyclic amines) is 1. The Balaban J connectivity index is 1.46. The Labute approximate surface area is 193 Å². The lowest BCUT2D eigenvalue weighted by molar-refractivity contribution is -0.146. The molecule has 6 heteroatoms. The molecule has 5 rings (SSSR count). The van der Waals surface area contributed by atoms with Crippen molar-refractivity contribution in [2.75, 3.05) is 12.8 Å². The van der Waals surface area contributed by atoms with Crippen LogP contribution in [-0.4, -0.2) is 46.9 Å². The number of amides is 1. The number of benzene rings is 2. The summed E-state index contributed by atoms with van der Waals surface area (Å²) in [5, 5.41) is 10.7. The third-order valence-corrected chi connectivity index (χ3v) is 8.28. The smallest absolute Gasteiger partial charge is 0.252 e. The number of hydrogen-bond acceptors (Lipinski definition) is 4. The van der Waals surface area contributed by atoms with E-state index in [-0.39, 0.29) is 35.1 Å². The van der Waals surface area contributed by atoms with Crippen LogP contribution in [0.1, 0.15) is 37.7 Å². The number of halogens is 1. The van der Waals surface area contributed by atoms with Gasteiger partial charge in [-0.05, 0) is 55.4 Å². The first-order valence-corrected chi connectivity index (χ1v) is 12.9. The highest BCUT2D eigenvalue weighted by atomic mass is 32.2. The second kappa shape index (κ2) is 8.81. The van der Waals surface area contributed by atoms with Crippen LogP contribution in [0.4, 0.5) is 4.39 Å². The first-order valence-electron chi connectivity index (χ1n) is 11.6. The Morgan fingerprint density at radius 1 is 1.22 bits per heavy atom. The van der Waals surface area contributed by atoms with Crippen molar-refractivity contribution in [3.63, 3.8) is 0 Å². The van der Waals surface area contributed by atoms with E-state index < -0.39 is 6.10 Å². The molecular weight excluding hydrogens is 423 g/mol. The largest absolute Gasteiger partial charge is 0.383 e. The van der Waals surface area contributed by atoms with Crippen molar-refractivity contribution in [2.24, 2.45) is 11.3 Å². The topological polar surface area (TPSA) is 52.6 Å². The molecular formula is C26H31FN2O2S. The molecule has 0 aromatic heterocycles. The summed E-state index contributed by atoms with van der Waals surface area (Å²) in [5.74, 6) is -0.315. The molecule has 1 spiro atoms. The van der Waals surface area contributed by atoms with E-state index in [9.17, 15) is 9.90 Å². The summed E-state index contributed by atoms with van der Waals surface area (Å²) >= 11 is 1.56. The van der Waals surface area contributed by atoms with Crippen LogP contribution in [0.15, 0.2) is 48.5 Å². The minimum absolute atomic E-state index is 0.0518. The van der Waals surface area contributed by atoms with E-state index >= 15 is 4.39 Å². The average Bonchev–Trinajstić information content (AvgIpc) is 3.49. The Kier molecular flexibility index (Phi) is 6.03. The molecule has 1 aliphatic heterocycles. The van der Waals surface area contributed by atoms with E-state index in [4.69, 9.17) is 0 Å². The third-order valence-electron chi connectivity index (χ3n) is 7.79. The van der Waals surface area contributed by atoms with Gasteiger partial charge in [-0.2, -0.15) is 0 Å². The van der Waals surface area contributed by atoms with E-state index in [1.54, 1.807) is 11.9 Å². The maximum absolute atomic E-state index is 15.6. The van der Waals surface area contributed by atoms with Crippen LogP contribution in [0.3, 0.4) is 0 Å². The molecule has 3 unspecified atom stereocenters. The molecule has 0 radical (unpaired) electrons. The van der Waals surface area contributed by atoms with Crippen molar-refractivity contribution in [1.82, 2.24) is 9.62 Å². The lowest BCUT2D eigenvalue weighted by Crippen LogP contribution is -2.50.